The third-order valence-electron chi connectivity index (χ3n) is 6.68. The van der Waals surface area contributed by atoms with Gasteiger partial charge < -0.3 is 4.90 Å². The van der Waals surface area contributed by atoms with Crippen LogP contribution in [0, 0.1) is 11.7 Å². The second kappa shape index (κ2) is 8.25. The molecule has 170 valence electrons. The minimum absolute atomic E-state index is 0.266. The van der Waals surface area contributed by atoms with Crippen LogP contribution in [0.4, 0.5) is 4.39 Å². The van der Waals surface area contributed by atoms with Gasteiger partial charge in [0, 0.05) is 29.3 Å². The number of benzene rings is 2. The molecule has 0 spiro atoms. The Kier molecular flexibility index (Phi) is 5.07. The van der Waals surface area contributed by atoms with Crippen molar-refractivity contribution in [2.75, 3.05) is 20.6 Å². The summed E-state index contributed by atoms with van der Waals surface area (Å²) in [6, 6.07) is 17.6. The molecular formula is C27H25FN6. The van der Waals surface area contributed by atoms with Gasteiger partial charge in [-0.1, -0.05) is 42.5 Å². The highest BCUT2D eigenvalue weighted by atomic mass is 19.1. The quantitative estimate of drug-likeness (QED) is 0.359. The minimum atomic E-state index is -0.371. The van der Waals surface area contributed by atoms with E-state index >= 15 is 4.39 Å². The van der Waals surface area contributed by atoms with Gasteiger partial charge in [0.2, 0.25) is 0 Å². The number of nitrogens with zero attached hydrogens (tertiary/aromatic N) is 6. The molecule has 1 aliphatic carbocycles. The standard InChI is InChI=1S/C27H25FN6/c1-33(2)15-17-12-20(13-17)34-27-22(14-29-16-30-27)26(32-34)21-10-8-19-9-11-23(31-25(19)24(21)28)18-6-4-3-5-7-18/h3-11,14,16-17,20H,12-13,15H2,1-2H3. The van der Waals surface area contributed by atoms with Crippen LogP contribution < -0.4 is 0 Å². The lowest BCUT2D eigenvalue weighted by molar-refractivity contribution is 0.149. The largest absolute Gasteiger partial charge is 0.309 e. The first kappa shape index (κ1) is 20.9. The molecule has 1 aliphatic rings. The second-order valence-corrected chi connectivity index (χ2v) is 9.37. The fourth-order valence-corrected chi connectivity index (χ4v) is 5.01. The molecule has 0 atom stereocenters. The monoisotopic (exact) mass is 452 g/mol. The zero-order valence-electron chi connectivity index (χ0n) is 19.2. The number of fused-ring (bicyclic) bond motifs is 2. The molecule has 0 amide bonds. The van der Waals surface area contributed by atoms with Crippen molar-refractivity contribution >= 4 is 21.9 Å². The normalized spacial score (nSPS) is 18.0. The van der Waals surface area contributed by atoms with E-state index in [1.165, 1.54) is 6.33 Å². The average molecular weight is 453 g/mol. The molecule has 0 unspecified atom stereocenters. The Morgan fingerprint density at radius 2 is 1.82 bits per heavy atom. The molecule has 1 fully saturated rings. The highest BCUT2D eigenvalue weighted by Gasteiger charge is 2.33. The average Bonchev–Trinajstić information content (AvgIpc) is 3.21. The summed E-state index contributed by atoms with van der Waals surface area (Å²) in [5.41, 5.74) is 3.78. The van der Waals surface area contributed by atoms with Crippen LogP contribution in [-0.4, -0.2) is 50.3 Å². The topological polar surface area (TPSA) is 59.7 Å². The molecule has 5 aromatic rings. The fourth-order valence-electron chi connectivity index (χ4n) is 5.01. The van der Waals surface area contributed by atoms with E-state index in [0.717, 1.165) is 47.1 Å². The summed E-state index contributed by atoms with van der Waals surface area (Å²) in [6.45, 7) is 1.06. The molecule has 1 saturated carbocycles. The van der Waals surface area contributed by atoms with Crippen LogP contribution in [0.5, 0.6) is 0 Å². The molecule has 7 heteroatoms. The predicted octanol–water partition coefficient (Wildman–Crippen LogP) is 5.36. The van der Waals surface area contributed by atoms with Gasteiger partial charge in [0.05, 0.1) is 17.1 Å². The van der Waals surface area contributed by atoms with Gasteiger partial charge in [-0.2, -0.15) is 5.10 Å². The van der Waals surface area contributed by atoms with E-state index in [-0.39, 0.29) is 11.9 Å². The first-order valence-electron chi connectivity index (χ1n) is 11.6. The van der Waals surface area contributed by atoms with E-state index in [4.69, 9.17) is 5.10 Å². The van der Waals surface area contributed by atoms with E-state index in [9.17, 15) is 0 Å². The van der Waals surface area contributed by atoms with Crippen LogP contribution >= 0.6 is 0 Å². The Labute approximate surface area is 197 Å². The van der Waals surface area contributed by atoms with Crippen LogP contribution in [-0.2, 0) is 0 Å². The zero-order chi connectivity index (χ0) is 23.2. The van der Waals surface area contributed by atoms with E-state index in [1.807, 2.05) is 53.2 Å². The van der Waals surface area contributed by atoms with Crippen LogP contribution in [0.2, 0.25) is 0 Å². The Hall–Kier alpha value is -3.71. The van der Waals surface area contributed by atoms with Crippen molar-refractivity contribution in [3.63, 3.8) is 0 Å². The van der Waals surface area contributed by atoms with Crippen LogP contribution in [0.3, 0.4) is 0 Å². The molecule has 0 saturated heterocycles. The highest BCUT2D eigenvalue weighted by molar-refractivity contribution is 5.94. The number of pyridine rings is 1. The summed E-state index contributed by atoms with van der Waals surface area (Å²) in [5.74, 6) is 0.271. The van der Waals surface area contributed by atoms with Crippen LogP contribution in [0.1, 0.15) is 18.9 Å². The van der Waals surface area contributed by atoms with Gasteiger partial charge >= 0.3 is 0 Å². The molecule has 6 rings (SSSR count). The van der Waals surface area contributed by atoms with Crippen LogP contribution in [0.15, 0.2) is 67.1 Å². The van der Waals surface area contributed by atoms with E-state index in [1.54, 1.807) is 12.3 Å². The number of hydrogen-bond acceptors (Lipinski definition) is 5. The minimum Gasteiger partial charge on any atom is -0.309 e. The number of rotatable bonds is 5. The summed E-state index contributed by atoms with van der Waals surface area (Å²) in [5, 5.41) is 6.39. The maximum Gasteiger partial charge on any atom is 0.162 e. The van der Waals surface area contributed by atoms with Gasteiger partial charge in [0.15, 0.2) is 11.5 Å². The summed E-state index contributed by atoms with van der Waals surface area (Å²) < 4.78 is 17.9. The smallest absolute Gasteiger partial charge is 0.162 e. The van der Waals surface area contributed by atoms with E-state index in [2.05, 4.69) is 33.9 Å². The molecule has 0 radical (unpaired) electrons. The molecule has 34 heavy (non-hydrogen) atoms. The lowest BCUT2D eigenvalue weighted by Gasteiger charge is -2.37. The number of halogens is 1. The van der Waals surface area contributed by atoms with Gasteiger partial charge in [-0.3, -0.25) is 0 Å². The molecule has 6 nitrogen and oxygen atoms in total. The van der Waals surface area contributed by atoms with E-state index < -0.39 is 0 Å². The Morgan fingerprint density at radius 1 is 1.03 bits per heavy atom. The van der Waals surface area contributed by atoms with Crippen molar-refractivity contribution in [1.82, 2.24) is 29.6 Å². The molecule has 0 bridgehead atoms. The van der Waals surface area contributed by atoms with Crippen molar-refractivity contribution in [3.8, 4) is 22.5 Å². The van der Waals surface area contributed by atoms with E-state index in [0.29, 0.717) is 22.7 Å². The summed E-state index contributed by atoms with van der Waals surface area (Å²) in [7, 11) is 4.20. The molecule has 2 aromatic carbocycles. The Bertz CT molecular complexity index is 1490. The van der Waals surface area contributed by atoms with Crippen molar-refractivity contribution < 1.29 is 4.39 Å². The Morgan fingerprint density at radius 3 is 2.62 bits per heavy atom. The lowest BCUT2D eigenvalue weighted by Crippen LogP contribution is -2.34. The molecule has 3 heterocycles. The maximum absolute atomic E-state index is 15.9. The second-order valence-electron chi connectivity index (χ2n) is 9.37. The maximum atomic E-state index is 15.9. The van der Waals surface area contributed by atoms with Crippen molar-refractivity contribution in [2.24, 2.45) is 5.92 Å². The van der Waals surface area contributed by atoms with Crippen molar-refractivity contribution in [3.05, 3.63) is 72.9 Å². The van der Waals surface area contributed by atoms with Gasteiger partial charge in [0.1, 0.15) is 17.5 Å². The third-order valence-corrected chi connectivity index (χ3v) is 6.68. The lowest BCUT2D eigenvalue weighted by atomic mass is 9.80. The van der Waals surface area contributed by atoms with Gasteiger partial charge in [-0.05, 0) is 45.0 Å². The fraction of sp³-hybridized carbons (Fsp3) is 0.259. The first-order chi connectivity index (χ1) is 16.6. The molecule has 0 aliphatic heterocycles. The zero-order valence-corrected chi connectivity index (χ0v) is 19.2. The van der Waals surface area contributed by atoms with Gasteiger partial charge in [-0.25, -0.2) is 24.0 Å². The van der Waals surface area contributed by atoms with Crippen molar-refractivity contribution in [2.45, 2.75) is 18.9 Å². The Balaban J connectivity index is 1.44. The molecular weight excluding hydrogens is 427 g/mol. The SMILES string of the molecule is CN(C)CC1CC(n2nc(-c3ccc4ccc(-c5ccccc5)nc4c3F)c3cncnc32)C1. The molecule has 0 N–H and O–H groups in total. The predicted molar refractivity (Wildman–Crippen MR) is 132 cm³/mol. The third kappa shape index (κ3) is 3.53. The number of aromatic nitrogens is 5. The van der Waals surface area contributed by atoms with Crippen LogP contribution in [0.25, 0.3) is 44.5 Å². The molecule has 3 aromatic heterocycles. The van der Waals surface area contributed by atoms with Crippen molar-refractivity contribution in [1.29, 1.82) is 0 Å². The van der Waals surface area contributed by atoms with Gasteiger partial charge in [-0.15, -0.1) is 0 Å². The summed E-state index contributed by atoms with van der Waals surface area (Å²) >= 11 is 0. The summed E-state index contributed by atoms with van der Waals surface area (Å²) in [6.07, 6.45) is 5.35. The van der Waals surface area contributed by atoms with Gasteiger partial charge in [0.25, 0.3) is 0 Å². The summed E-state index contributed by atoms with van der Waals surface area (Å²) in [4.78, 5) is 15.6. The first-order valence-corrected chi connectivity index (χ1v) is 11.6. The number of hydrogen-bond donors (Lipinski definition) is 0. The highest BCUT2D eigenvalue weighted by Crippen LogP contribution is 2.41.